The molecule has 4 rings (SSSR count). The lowest BCUT2D eigenvalue weighted by Gasteiger charge is -2.26. The van der Waals surface area contributed by atoms with Crippen molar-refractivity contribution < 1.29 is 41.3 Å². The molecule has 3 heterocycles. The molecule has 1 aromatic carbocycles. The highest BCUT2D eigenvalue weighted by molar-refractivity contribution is 7.89. The van der Waals surface area contributed by atoms with E-state index in [0.717, 1.165) is 17.0 Å². The van der Waals surface area contributed by atoms with Gasteiger partial charge in [-0.1, -0.05) is 0 Å². The highest BCUT2D eigenvalue weighted by Crippen LogP contribution is 2.37. The molecule has 0 atom stereocenters. The standard InChI is InChI=1S/C21H25N3O6S2.ClH/c1-23-8-7-16-17(13-23)31-20(18(16)21(26)29-2)22-19(25)14-3-5-15(6-4-14)32(27,28)24-9-11-30-12-10-24;/h3-6H,7-13H2,1-2H3,(H,22,25);1H. The molecule has 1 amide bonds. The number of sulfonamides is 1. The van der Waals surface area contributed by atoms with Crippen LogP contribution in [0.3, 0.4) is 0 Å². The maximum Gasteiger partial charge on any atom is 1.00 e. The number of nitrogens with one attached hydrogen (secondary N) is 1. The number of hydrogen-bond acceptors (Lipinski definition) is 8. The maximum absolute atomic E-state index is 12.9. The van der Waals surface area contributed by atoms with Gasteiger partial charge in [-0.05, 0) is 43.3 Å². The van der Waals surface area contributed by atoms with E-state index in [9.17, 15) is 18.0 Å². The number of amides is 1. The fourth-order valence-electron chi connectivity index (χ4n) is 3.83. The van der Waals surface area contributed by atoms with Crippen molar-refractivity contribution in [3.8, 4) is 0 Å². The summed E-state index contributed by atoms with van der Waals surface area (Å²) in [6.45, 7) is 2.86. The third-order valence-electron chi connectivity index (χ3n) is 5.59. The predicted octanol–water partition coefficient (Wildman–Crippen LogP) is -1.09. The molecular weight excluding hydrogens is 490 g/mol. The third kappa shape index (κ3) is 5.23. The van der Waals surface area contributed by atoms with Crippen LogP contribution in [0.15, 0.2) is 29.2 Å². The SMILES string of the molecule is COC(=O)c1c(NC(=O)c2ccc(S(=O)(=O)N3CCOCC3)cc2)sc2c1CCN(C)C2.[Cl-].[H+]. The molecule has 0 unspecified atom stereocenters. The number of nitrogens with zero attached hydrogens (tertiary/aromatic N) is 2. The van der Waals surface area contributed by atoms with Crippen LogP contribution in [0.4, 0.5) is 5.00 Å². The maximum atomic E-state index is 12.9. The van der Waals surface area contributed by atoms with Gasteiger partial charge in [-0.3, -0.25) is 4.79 Å². The van der Waals surface area contributed by atoms with Crippen LogP contribution in [0.2, 0.25) is 0 Å². The second-order valence-electron chi connectivity index (χ2n) is 7.68. The van der Waals surface area contributed by atoms with E-state index in [4.69, 9.17) is 9.47 Å². The van der Waals surface area contributed by atoms with Crippen LogP contribution in [0.5, 0.6) is 0 Å². The molecule has 1 N–H and O–H groups in total. The number of carbonyl (C=O) groups is 2. The van der Waals surface area contributed by atoms with E-state index in [1.54, 1.807) is 0 Å². The summed E-state index contributed by atoms with van der Waals surface area (Å²) in [5, 5.41) is 3.27. The first kappa shape index (κ1) is 25.6. The first-order valence-corrected chi connectivity index (χ1v) is 12.5. The number of halogens is 1. The van der Waals surface area contributed by atoms with E-state index in [1.807, 2.05) is 7.05 Å². The van der Waals surface area contributed by atoms with Crippen molar-refractivity contribution >= 4 is 38.2 Å². The topological polar surface area (TPSA) is 105 Å². The Labute approximate surface area is 204 Å². The van der Waals surface area contributed by atoms with Gasteiger partial charge in [0, 0.05) is 36.6 Å². The number of likely N-dealkylation sites (N-methyl/N-ethyl adjacent to an activating group) is 1. The van der Waals surface area contributed by atoms with Gasteiger partial charge in [0.25, 0.3) is 5.91 Å². The molecule has 0 radical (unpaired) electrons. The molecule has 0 saturated carbocycles. The smallest absolute Gasteiger partial charge is 1.00 e. The average molecular weight is 516 g/mol. The summed E-state index contributed by atoms with van der Waals surface area (Å²) in [6.07, 6.45) is 0.705. The largest absolute Gasteiger partial charge is 1.00 e. The average Bonchev–Trinajstić information content (AvgIpc) is 3.15. The van der Waals surface area contributed by atoms with Crippen LogP contribution in [0.1, 0.15) is 32.6 Å². The molecule has 0 spiro atoms. The predicted molar refractivity (Wildman–Crippen MR) is 121 cm³/mol. The lowest BCUT2D eigenvalue weighted by Crippen LogP contribution is -3.00. The van der Waals surface area contributed by atoms with Gasteiger partial charge >= 0.3 is 7.40 Å². The van der Waals surface area contributed by atoms with E-state index in [0.29, 0.717) is 55.4 Å². The molecule has 12 heteroatoms. The number of morpholine rings is 1. The van der Waals surface area contributed by atoms with E-state index >= 15 is 0 Å². The number of thiophene rings is 1. The van der Waals surface area contributed by atoms with Gasteiger partial charge in [0.15, 0.2) is 0 Å². The number of methoxy groups -OCH3 is 1. The Bertz CT molecular complexity index is 1130. The zero-order valence-electron chi connectivity index (χ0n) is 19.3. The molecule has 9 nitrogen and oxygen atoms in total. The van der Waals surface area contributed by atoms with Crippen LogP contribution < -0.4 is 17.7 Å². The summed E-state index contributed by atoms with van der Waals surface area (Å²) in [6, 6.07) is 5.80. The zero-order chi connectivity index (χ0) is 22.9. The van der Waals surface area contributed by atoms with Gasteiger partial charge in [-0.15, -0.1) is 11.3 Å². The van der Waals surface area contributed by atoms with Crippen molar-refractivity contribution in [1.29, 1.82) is 0 Å². The first-order chi connectivity index (χ1) is 15.3. The van der Waals surface area contributed by atoms with Gasteiger partial charge < -0.3 is 32.1 Å². The normalized spacial score (nSPS) is 17.0. The molecule has 0 aliphatic carbocycles. The van der Waals surface area contributed by atoms with Crippen LogP contribution >= 0.6 is 11.3 Å². The van der Waals surface area contributed by atoms with E-state index in [1.165, 1.54) is 47.0 Å². The van der Waals surface area contributed by atoms with E-state index in [-0.39, 0.29) is 18.7 Å². The second-order valence-corrected chi connectivity index (χ2v) is 10.7. The molecule has 2 aromatic rings. The minimum absolute atomic E-state index is 0. The highest BCUT2D eigenvalue weighted by Gasteiger charge is 2.29. The third-order valence-corrected chi connectivity index (χ3v) is 8.63. The fraction of sp³-hybridized carbons (Fsp3) is 0.429. The van der Waals surface area contributed by atoms with Crippen molar-refractivity contribution in [3.63, 3.8) is 0 Å². The molecule has 1 fully saturated rings. The molecule has 33 heavy (non-hydrogen) atoms. The molecule has 180 valence electrons. The zero-order valence-corrected chi connectivity index (χ0v) is 20.7. The number of anilines is 1. The molecule has 1 saturated heterocycles. The van der Waals surface area contributed by atoms with Crippen molar-refractivity contribution in [2.24, 2.45) is 0 Å². The van der Waals surface area contributed by atoms with Crippen LogP contribution in [0, 0.1) is 0 Å². The second kappa shape index (κ2) is 10.5. The summed E-state index contributed by atoms with van der Waals surface area (Å²) in [5.41, 5.74) is 1.62. The minimum atomic E-state index is -3.63. The quantitative estimate of drug-likeness (QED) is 0.505. The Morgan fingerprint density at radius 2 is 1.82 bits per heavy atom. The van der Waals surface area contributed by atoms with Crippen molar-refractivity contribution in [2.75, 3.05) is 52.3 Å². The molecule has 1 aromatic heterocycles. The monoisotopic (exact) mass is 515 g/mol. The fourth-order valence-corrected chi connectivity index (χ4v) is 6.55. The van der Waals surface area contributed by atoms with E-state index in [2.05, 4.69) is 10.2 Å². The number of hydrogen-bond donors (Lipinski definition) is 1. The Kier molecular flexibility index (Phi) is 8.14. The lowest BCUT2D eigenvalue weighted by atomic mass is 10.0. The summed E-state index contributed by atoms with van der Waals surface area (Å²) in [5.74, 6) is -0.897. The van der Waals surface area contributed by atoms with Gasteiger partial charge in [0.1, 0.15) is 5.00 Å². The summed E-state index contributed by atoms with van der Waals surface area (Å²) in [4.78, 5) is 28.6. The molecule has 2 aliphatic heterocycles. The molecule has 2 aliphatic rings. The van der Waals surface area contributed by atoms with Crippen molar-refractivity contribution in [2.45, 2.75) is 17.9 Å². The van der Waals surface area contributed by atoms with Crippen molar-refractivity contribution in [3.05, 3.63) is 45.8 Å². The Balaban J connectivity index is 0.00000204. The number of benzene rings is 1. The summed E-state index contributed by atoms with van der Waals surface area (Å²) in [7, 11) is -0.309. The molecular formula is C21H26ClN3O6S2. The van der Waals surface area contributed by atoms with Gasteiger partial charge in [-0.2, -0.15) is 4.31 Å². The first-order valence-electron chi connectivity index (χ1n) is 10.2. The molecule has 0 bridgehead atoms. The Morgan fingerprint density at radius 3 is 2.45 bits per heavy atom. The van der Waals surface area contributed by atoms with Crippen LogP contribution in [-0.4, -0.2) is 76.5 Å². The van der Waals surface area contributed by atoms with Gasteiger partial charge in [0.2, 0.25) is 10.0 Å². The Hall–Kier alpha value is -2.02. The van der Waals surface area contributed by atoms with Crippen LogP contribution in [-0.2, 0) is 32.5 Å². The highest BCUT2D eigenvalue weighted by atomic mass is 35.5. The number of carbonyl (C=O) groups excluding carboxylic acids is 2. The number of fused-ring (bicyclic) bond motifs is 1. The number of ether oxygens (including phenoxy) is 2. The number of rotatable bonds is 5. The van der Waals surface area contributed by atoms with Crippen molar-refractivity contribution in [1.82, 2.24) is 9.21 Å². The lowest BCUT2D eigenvalue weighted by molar-refractivity contribution is -0.0000315. The minimum Gasteiger partial charge on any atom is -1.00 e. The Morgan fingerprint density at radius 1 is 1.15 bits per heavy atom. The summed E-state index contributed by atoms with van der Waals surface area (Å²) >= 11 is 1.37. The van der Waals surface area contributed by atoms with Crippen LogP contribution in [0.25, 0.3) is 0 Å². The van der Waals surface area contributed by atoms with E-state index < -0.39 is 21.9 Å². The number of esters is 1. The van der Waals surface area contributed by atoms with Gasteiger partial charge in [-0.25, -0.2) is 13.2 Å². The summed E-state index contributed by atoms with van der Waals surface area (Å²) < 4.78 is 37.1. The van der Waals surface area contributed by atoms with Gasteiger partial charge in [0.05, 0.1) is 30.8 Å².